The molecule has 0 spiro atoms. The highest BCUT2D eigenvalue weighted by Gasteiger charge is 2.08. The molecule has 0 bridgehead atoms. The Kier molecular flexibility index (Phi) is 7.00. The number of carbonyl (C=O) groups is 1. The number of aliphatic hydroxyl groups is 1. The second-order valence-electron chi connectivity index (χ2n) is 5.35. The van der Waals surface area contributed by atoms with E-state index in [2.05, 4.69) is 0 Å². The van der Waals surface area contributed by atoms with E-state index in [9.17, 15) is 9.90 Å². The van der Waals surface area contributed by atoms with E-state index in [1.54, 1.807) is 44.6 Å². The lowest BCUT2D eigenvalue weighted by Crippen LogP contribution is -1.95. The van der Waals surface area contributed by atoms with Gasteiger partial charge >= 0.3 is 0 Å². The van der Waals surface area contributed by atoms with Crippen LogP contribution in [-0.4, -0.2) is 32.2 Å². The summed E-state index contributed by atoms with van der Waals surface area (Å²) in [7, 11) is 4.65. The largest absolute Gasteiger partial charge is 0.496 e. The van der Waals surface area contributed by atoms with Gasteiger partial charge in [-0.25, -0.2) is 0 Å². The Morgan fingerprint density at radius 1 is 0.885 bits per heavy atom. The van der Waals surface area contributed by atoms with Gasteiger partial charge in [0.2, 0.25) is 0 Å². The van der Waals surface area contributed by atoms with E-state index in [1.165, 1.54) is 19.3 Å². The molecule has 0 heterocycles. The maximum atomic E-state index is 12.2. The second-order valence-corrected chi connectivity index (χ2v) is 5.35. The van der Waals surface area contributed by atoms with Gasteiger partial charge in [0.25, 0.3) is 0 Å². The van der Waals surface area contributed by atoms with Crippen LogP contribution < -0.4 is 14.2 Å². The molecule has 5 nitrogen and oxygen atoms in total. The summed E-state index contributed by atoms with van der Waals surface area (Å²) in [5.74, 6) is 1.53. The molecule has 0 fully saturated rings. The van der Waals surface area contributed by atoms with Crippen molar-refractivity contribution in [1.82, 2.24) is 0 Å². The van der Waals surface area contributed by atoms with Crippen LogP contribution in [0.1, 0.15) is 16.7 Å². The number of allylic oxidation sites excluding steroid dienone is 2. The topological polar surface area (TPSA) is 65.0 Å². The molecular formula is C21H22O5. The predicted octanol–water partition coefficient (Wildman–Crippen LogP) is 3.50. The lowest BCUT2D eigenvalue weighted by Gasteiger charge is -2.09. The van der Waals surface area contributed by atoms with Crippen molar-refractivity contribution in [2.75, 3.05) is 21.3 Å². The molecule has 0 radical (unpaired) electrons. The van der Waals surface area contributed by atoms with E-state index in [-0.39, 0.29) is 12.4 Å². The highest BCUT2D eigenvalue weighted by atomic mass is 16.5. The van der Waals surface area contributed by atoms with Crippen LogP contribution in [0.3, 0.4) is 0 Å². The molecule has 136 valence electrons. The number of ether oxygens (including phenoxy) is 3. The van der Waals surface area contributed by atoms with Crippen LogP contribution in [0.15, 0.2) is 48.6 Å². The molecule has 0 aliphatic carbocycles. The summed E-state index contributed by atoms with van der Waals surface area (Å²) in [5, 5.41) is 9.35. The molecule has 0 unspecified atom stereocenters. The Balaban J connectivity index is 2.19. The van der Waals surface area contributed by atoms with E-state index in [1.807, 2.05) is 18.2 Å². The fourth-order valence-electron chi connectivity index (χ4n) is 2.55. The smallest absolute Gasteiger partial charge is 0.178 e. The maximum absolute atomic E-state index is 12.2. The Morgan fingerprint density at radius 3 is 2.00 bits per heavy atom. The predicted molar refractivity (Wildman–Crippen MR) is 102 cm³/mol. The number of benzene rings is 2. The highest BCUT2D eigenvalue weighted by Crippen LogP contribution is 2.31. The molecule has 0 atom stereocenters. The molecule has 0 aromatic heterocycles. The normalized spacial score (nSPS) is 11.1. The molecule has 0 amide bonds. The minimum atomic E-state index is -0.189. The minimum absolute atomic E-state index is 0.131. The number of hydrogen-bond donors (Lipinski definition) is 1. The Bertz CT molecular complexity index is 754. The molecule has 5 heteroatoms. The van der Waals surface area contributed by atoms with Crippen LogP contribution in [0.25, 0.3) is 12.2 Å². The molecule has 2 aromatic rings. The lowest BCUT2D eigenvalue weighted by atomic mass is 10.1. The summed E-state index contributed by atoms with van der Waals surface area (Å²) < 4.78 is 15.9. The van der Waals surface area contributed by atoms with E-state index < -0.39 is 0 Å². The van der Waals surface area contributed by atoms with Crippen molar-refractivity contribution in [2.45, 2.75) is 6.61 Å². The monoisotopic (exact) mass is 354 g/mol. The summed E-state index contributed by atoms with van der Waals surface area (Å²) in [6.07, 6.45) is 6.24. The summed E-state index contributed by atoms with van der Waals surface area (Å²) >= 11 is 0. The van der Waals surface area contributed by atoms with Gasteiger partial charge in [-0.15, -0.1) is 0 Å². The first kappa shape index (κ1) is 19.3. The average molecular weight is 354 g/mol. The van der Waals surface area contributed by atoms with Gasteiger partial charge in [-0.1, -0.05) is 30.3 Å². The van der Waals surface area contributed by atoms with Gasteiger partial charge < -0.3 is 19.3 Å². The first-order valence-corrected chi connectivity index (χ1v) is 8.02. The van der Waals surface area contributed by atoms with Crippen molar-refractivity contribution < 1.29 is 24.1 Å². The zero-order chi connectivity index (χ0) is 18.9. The van der Waals surface area contributed by atoms with E-state index in [4.69, 9.17) is 14.2 Å². The van der Waals surface area contributed by atoms with Gasteiger partial charge in [0.15, 0.2) is 17.3 Å². The van der Waals surface area contributed by atoms with Crippen molar-refractivity contribution >= 4 is 17.9 Å². The third kappa shape index (κ3) is 4.52. The lowest BCUT2D eigenvalue weighted by molar-refractivity contribution is -0.110. The number of carbonyl (C=O) groups excluding carboxylic acids is 1. The fraction of sp³-hybridized carbons (Fsp3) is 0.190. The first-order valence-electron chi connectivity index (χ1n) is 8.02. The Hall–Kier alpha value is -3.05. The zero-order valence-corrected chi connectivity index (χ0v) is 15.1. The van der Waals surface area contributed by atoms with Crippen LogP contribution in [0.4, 0.5) is 0 Å². The summed E-state index contributed by atoms with van der Waals surface area (Å²) in [5.41, 5.74) is 2.13. The Morgan fingerprint density at radius 2 is 1.46 bits per heavy atom. The molecule has 26 heavy (non-hydrogen) atoms. The third-order valence-corrected chi connectivity index (χ3v) is 3.79. The minimum Gasteiger partial charge on any atom is -0.496 e. The quantitative estimate of drug-likeness (QED) is 0.735. The van der Waals surface area contributed by atoms with Crippen LogP contribution in [0, 0.1) is 0 Å². The Labute approximate surface area is 153 Å². The molecular weight excluding hydrogens is 332 g/mol. The van der Waals surface area contributed by atoms with Crippen LogP contribution >= 0.6 is 0 Å². The standard InChI is InChI=1S/C21H22O5/c1-24-19-9-5-7-16(21(19)26-3)11-13-18(23)12-10-15-6-4-8-17(14-22)20(15)25-2/h4-13,22H,14H2,1-3H3/b12-10+,13-11+. The average Bonchev–Trinajstić information content (AvgIpc) is 2.69. The molecule has 0 saturated carbocycles. The van der Waals surface area contributed by atoms with Crippen molar-refractivity contribution in [3.8, 4) is 17.2 Å². The molecule has 2 rings (SSSR count). The molecule has 2 aromatic carbocycles. The van der Waals surface area contributed by atoms with Crippen LogP contribution in [0.2, 0.25) is 0 Å². The van der Waals surface area contributed by atoms with Crippen LogP contribution in [-0.2, 0) is 11.4 Å². The molecule has 0 aliphatic heterocycles. The molecule has 0 aliphatic rings. The fourth-order valence-corrected chi connectivity index (χ4v) is 2.55. The van der Waals surface area contributed by atoms with Gasteiger partial charge in [-0.2, -0.15) is 0 Å². The van der Waals surface area contributed by atoms with Crippen molar-refractivity contribution in [1.29, 1.82) is 0 Å². The highest BCUT2D eigenvalue weighted by molar-refractivity contribution is 6.04. The van der Waals surface area contributed by atoms with Gasteiger partial charge in [-0.3, -0.25) is 4.79 Å². The zero-order valence-electron chi connectivity index (χ0n) is 15.1. The number of rotatable bonds is 8. The van der Waals surface area contributed by atoms with Crippen molar-refractivity contribution in [3.05, 3.63) is 65.2 Å². The van der Waals surface area contributed by atoms with Gasteiger partial charge in [-0.05, 0) is 30.4 Å². The number of aliphatic hydroxyl groups excluding tert-OH is 1. The molecule has 1 N–H and O–H groups in total. The molecule has 0 saturated heterocycles. The SMILES string of the molecule is COc1cccc(/C=C/C(=O)/C=C/c2cccc(CO)c2OC)c1OC. The summed E-state index contributed by atoms with van der Waals surface area (Å²) in [4.78, 5) is 12.2. The number of ketones is 1. The van der Waals surface area contributed by atoms with Gasteiger partial charge in [0, 0.05) is 16.7 Å². The van der Waals surface area contributed by atoms with Crippen molar-refractivity contribution in [2.24, 2.45) is 0 Å². The second kappa shape index (κ2) is 9.44. The third-order valence-electron chi connectivity index (χ3n) is 3.79. The van der Waals surface area contributed by atoms with E-state index in [0.29, 0.717) is 22.8 Å². The van der Waals surface area contributed by atoms with Gasteiger partial charge in [0.05, 0.1) is 27.9 Å². The van der Waals surface area contributed by atoms with Crippen molar-refractivity contribution in [3.63, 3.8) is 0 Å². The van der Waals surface area contributed by atoms with E-state index >= 15 is 0 Å². The van der Waals surface area contributed by atoms with Crippen LogP contribution in [0.5, 0.6) is 17.2 Å². The van der Waals surface area contributed by atoms with Gasteiger partial charge in [0.1, 0.15) is 5.75 Å². The van der Waals surface area contributed by atoms with E-state index in [0.717, 1.165) is 11.1 Å². The summed E-state index contributed by atoms with van der Waals surface area (Å²) in [6.45, 7) is -0.131. The number of methoxy groups -OCH3 is 3. The maximum Gasteiger partial charge on any atom is 0.178 e. The number of para-hydroxylation sites is 2. The number of hydrogen-bond acceptors (Lipinski definition) is 5. The summed E-state index contributed by atoms with van der Waals surface area (Å²) in [6, 6.07) is 10.8. The first-order chi connectivity index (χ1) is 12.6.